The normalized spacial score (nSPS) is 11.8. The molecule has 3 nitrogen and oxygen atoms in total. The second kappa shape index (κ2) is 7.34. The van der Waals surface area contributed by atoms with Gasteiger partial charge in [-0.1, -0.05) is 19.8 Å². The first-order chi connectivity index (χ1) is 4.18. The van der Waals surface area contributed by atoms with E-state index < -0.39 is 12.1 Å². The SMILES string of the molecule is CCCCC(O)C(=O)O.[SnH2]. The molecular weight excluding hydrogens is 239 g/mol. The molecule has 0 aliphatic carbocycles. The summed E-state index contributed by atoms with van der Waals surface area (Å²) in [7, 11) is 0. The molecule has 0 aliphatic heterocycles. The molecule has 0 amide bonds. The van der Waals surface area contributed by atoms with Crippen molar-refractivity contribution in [1.82, 2.24) is 0 Å². The van der Waals surface area contributed by atoms with Crippen molar-refractivity contribution >= 4 is 29.9 Å². The van der Waals surface area contributed by atoms with Crippen LogP contribution < -0.4 is 0 Å². The Kier molecular flexibility index (Phi) is 9.44. The predicted octanol–water partition coefficient (Wildman–Crippen LogP) is -0.294. The van der Waals surface area contributed by atoms with Crippen LogP contribution in [-0.2, 0) is 4.79 Å². The van der Waals surface area contributed by atoms with E-state index >= 15 is 0 Å². The average molecular weight is 253 g/mol. The van der Waals surface area contributed by atoms with E-state index in [4.69, 9.17) is 10.2 Å². The van der Waals surface area contributed by atoms with Crippen LogP contribution in [0.3, 0.4) is 0 Å². The minimum absolute atomic E-state index is 0. The summed E-state index contributed by atoms with van der Waals surface area (Å²) in [5, 5.41) is 16.8. The molecule has 0 rings (SSSR count). The van der Waals surface area contributed by atoms with Gasteiger partial charge in [0.2, 0.25) is 0 Å². The molecule has 0 saturated carbocycles. The maximum atomic E-state index is 9.96. The van der Waals surface area contributed by atoms with Crippen molar-refractivity contribution in [2.24, 2.45) is 0 Å². The molecular formula is C6H14O3Sn. The van der Waals surface area contributed by atoms with Gasteiger partial charge in [0.05, 0.1) is 0 Å². The van der Waals surface area contributed by atoms with E-state index in [2.05, 4.69) is 0 Å². The Hall–Kier alpha value is 0.229. The molecule has 0 heterocycles. The number of carbonyl (C=O) groups is 1. The summed E-state index contributed by atoms with van der Waals surface area (Å²) in [6.45, 7) is 1.95. The summed E-state index contributed by atoms with van der Waals surface area (Å²) in [5.74, 6) is -1.12. The molecule has 0 saturated heterocycles. The van der Waals surface area contributed by atoms with E-state index in [9.17, 15) is 4.79 Å². The Balaban J connectivity index is 0. The molecule has 1 atom stereocenters. The van der Waals surface area contributed by atoms with Gasteiger partial charge in [0.25, 0.3) is 0 Å². The van der Waals surface area contributed by atoms with Crippen molar-refractivity contribution < 1.29 is 15.0 Å². The Bertz CT molecular complexity index is 95.0. The molecule has 0 fully saturated rings. The maximum absolute atomic E-state index is 9.96. The molecule has 60 valence electrons. The van der Waals surface area contributed by atoms with Gasteiger partial charge in [-0.05, 0) is 6.42 Å². The van der Waals surface area contributed by atoms with E-state index in [0.717, 1.165) is 12.8 Å². The molecule has 0 spiro atoms. The molecule has 0 aromatic rings. The second-order valence-corrected chi connectivity index (χ2v) is 2.00. The van der Waals surface area contributed by atoms with Gasteiger partial charge in [-0.3, -0.25) is 0 Å². The minimum atomic E-state index is -1.16. The van der Waals surface area contributed by atoms with Gasteiger partial charge in [0, 0.05) is 0 Å². The van der Waals surface area contributed by atoms with Crippen molar-refractivity contribution in [3.63, 3.8) is 0 Å². The number of carboxylic acids is 1. The third-order valence-corrected chi connectivity index (χ3v) is 1.12. The topological polar surface area (TPSA) is 57.5 Å². The molecule has 0 aromatic carbocycles. The molecule has 10 heavy (non-hydrogen) atoms. The number of hydrogen-bond acceptors (Lipinski definition) is 2. The molecule has 1 unspecified atom stereocenters. The Morgan fingerprint density at radius 3 is 2.40 bits per heavy atom. The molecule has 0 bridgehead atoms. The van der Waals surface area contributed by atoms with Crippen LogP contribution in [-0.4, -0.2) is 46.2 Å². The molecule has 0 aromatic heterocycles. The first-order valence-corrected chi connectivity index (χ1v) is 3.09. The number of carboxylic acid groups (broad SMARTS) is 1. The zero-order valence-electron chi connectivity index (χ0n) is 6.21. The van der Waals surface area contributed by atoms with Crippen LogP contribution in [0.15, 0.2) is 0 Å². The number of aliphatic hydroxyl groups excluding tert-OH is 1. The van der Waals surface area contributed by atoms with Gasteiger partial charge in [-0.2, -0.15) is 0 Å². The average Bonchev–Trinajstić information content (AvgIpc) is 1.82. The van der Waals surface area contributed by atoms with Crippen LogP contribution in [0.5, 0.6) is 0 Å². The summed E-state index contributed by atoms with van der Waals surface area (Å²) < 4.78 is 0. The van der Waals surface area contributed by atoms with Gasteiger partial charge in [0.15, 0.2) is 6.10 Å². The number of aliphatic hydroxyl groups is 1. The zero-order valence-corrected chi connectivity index (χ0v) is 10.2. The molecule has 0 aliphatic rings. The quantitative estimate of drug-likeness (QED) is 0.676. The van der Waals surface area contributed by atoms with E-state index in [1.165, 1.54) is 0 Å². The second-order valence-electron chi connectivity index (χ2n) is 2.00. The first-order valence-electron chi connectivity index (χ1n) is 3.09. The third kappa shape index (κ3) is 6.35. The van der Waals surface area contributed by atoms with Gasteiger partial charge in [-0.15, -0.1) is 0 Å². The van der Waals surface area contributed by atoms with Crippen LogP contribution in [0, 0.1) is 0 Å². The first kappa shape index (κ1) is 12.9. The summed E-state index contributed by atoms with van der Waals surface area (Å²) >= 11 is 0. The fraction of sp³-hybridized carbons (Fsp3) is 0.833. The summed E-state index contributed by atoms with van der Waals surface area (Å²) in [6.07, 6.45) is 0.897. The summed E-state index contributed by atoms with van der Waals surface area (Å²) in [4.78, 5) is 9.96. The Labute approximate surface area is 77.4 Å². The van der Waals surface area contributed by atoms with Gasteiger partial charge < -0.3 is 10.2 Å². The molecule has 2 N–H and O–H groups in total. The fourth-order valence-electron chi connectivity index (χ4n) is 0.521. The summed E-state index contributed by atoms with van der Waals surface area (Å²) in [5.41, 5.74) is 0. The number of rotatable bonds is 4. The van der Waals surface area contributed by atoms with Crippen molar-refractivity contribution in [2.75, 3.05) is 0 Å². The van der Waals surface area contributed by atoms with Crippen LogP contribution in [0.25, 0.3) is 0 Å². The van der Waals surface area contributed by atoms with E-state index in [1.54, 1.807) is 0 Å². The van der Waals surface area contributed by atoms with Gasteiger partial charge in [-0.25, -0.2) is 4.79 Å². The van der Waals surface area contributed by atoms with E-state index in [1.807, 2.05) is 6.92 Å². The van der Waals surface area contributed by atoms with Crippen LogP contribution >= 0.6 is 0 Å². The number of unbranched alkanes of at least 4 members (excludes halogenated alkanes) is 1. The zero-order chi connectivity index (χ0) is 7.28. The van der Waals surface area contributed by atoms with Gasteiger partial charge in [0.1, 0.15) is 0 Å². The monoisotopic (exact) mass is 254 g/mol. The van der Waals surface area contributed by atoms with Crippen molar-refractivity contribution in [3.05, 3.63) is 0 Å². The Morgan fingerprint density at radius 1 is 1.60 bits per heavy atom. The van der Waals surface area contributed by atoms with Crippen molar-refractivity contribution in [2.45, 2.75) is 32.3 Å². The van der Waals surface area contributed by atoms with Crippen LogP contribution in [0.2, 0.25) is 0 Å². The van der Waals surface area contributed by atoms with Crippen LogP contribution in [0.4, 0.5) is 0 Å². The molecule has 4 heteroatoms. The fourth-order valence-corrected chi connectivity index (χ4v) is 0.521. The van der Waals surface area contributed by atoms with Crippen LogP contribution in [0.1, 0.15) is 26.2 Å². The van der Waals surface area contributed by atoms with E-state index in [0.29, 0.717) is 6.42 Å². The molecule has 2 radical (unpaired) electrons. The number of aliphatic carboxylic acids is 1. The predicted molar refractivity (Wildman–Crippen MR) is 41.7 cm³/mol. The van der Waals surface area contributed by atoms with Crippen molar-refractivity contribution in [3.8, 4) is 0 Å². The Morgan fingerprint density at radius 2 is 2.10 bits per heavy atom. The number of hydrogen-bond donors (Lipinski definition) is 2. The third-order valence-electron chi connectivity index (χ3n) is 1.12. The van der Waals surface area contributed by atoms with Gasteiger partial charge >= 0.3 is 29.9 Å². The van der Waals surface area contributed by atoms with Crippen molar-refractivity contribution in [1.29, 1.82) is 0 Å². The van der Waals surface area contributed by atoms with E-state index in [-0.39, 0.29) is 23.9 Å². The summed E-state index contributed by atoms with van der Waals surface area (Å²) in [6, 6.07) is 0. The standard InChI is InChI=1S/C6H12O3.Sn.2H/c1-2-3-4-5(7)6(8)9;;;/h5,7H,2-4H2,1H3,(H,8,9);;;.